The van der Waals surface area contributed by atoms with Crippen molar-refractivity contribution in [2.75, 3.05) is 0 Å². The second-order valence-corrected chi connectivity index (χ2v) is 8.24. The molecule has 0 unspecified atom stereocenters. The Bertz CT molecular complexity index is 856. The molecule has 1 nitrogen and oxygen atoms in total. The van der Waals surface area contributed by atoms with Crippen LogP contribution in [0.5, 0.6) is 0 Å². The normalized spacial score (nSPS) is 12.4. The van der Waals surface area contributed by atoms with Crippen LogP contribution in [0, 0.1) is 19.3 Å². The Morgan fingerprint density at radius 1 is 0.667 bits per heavy atom. The number of benzene rings is 3. The molecule has 0 heterocycles. The fourth-order valence-electron chi connectivity index (χ4n) is 3.57. The highest BCUT2D eigenvalue weighted by molar-refractivity contribution is 5.99. The van der Waals surface area contributed by atoms with Crippen molar-refractivity contribution in [3.8, 4) is 0 Å². The summed E-state index contributed by atoms with van der Waals surface area (Å²) in [7, 11) is 0. The first-order valence-electron chi connectivity index (χ1n) is 9.63. The molecule has 1 heteroatoms. The van der Waals surface area contributed by atoms with Crippen molar-refractivity contribution < 1.29 is 0 Å². The predicted octanol–water partition coefficient (Wildman–Crippen LogP) is 7.25. The van der Waals surface area contributed by atoms with Gasteiger partial charge in [-0.2, -0.15) is 0 Å². The molecular formula is C26H29N. The smallest absolute Gasteiger partial charge is 0.0687 e. The lowest BCUT2D eigenvalue weighted by Crippen LogP contribution is -2.28. The largest absolute Gasteiger partial charge is 0.256 e. The number of aliphatic imine (C=N–C) groups is 1. The second-order valence-electron chi connectivity index (χ2n) is 8.24. The summed E-state index contributed by atoms with van der Waals surface area (Å²) in [5, 5.41) is 0. The van der Waals surface area contributed by atoms with Gasteiger partial charge >= 0.3 is 0 Å². The van der Waals surface area contributed by atoms with Crippen molar-refractivity contribution in [3.05, 3.63) is 101 Å². The molecule has 27 heavy (non-hydrogen) atoms. The minimum Gasteiger partial charge on any atom is -0.256 e. The van der Waals surface area contributed by atoms with E-state index in [0.717, 1.165) is 5.69 Å². The molecule has 0 N–H and O–H groups in total. The number of hydrogen-bond acceptors (Lipinski definition) is 1. The predicted molar refractivity (Wildman–Crippen MR) is 117 cm³/mol. The van der Waals surface area contributed by atoms with E-state index in [0.29, 0.717) is 0 Å². The van der Waals surface area contributed by atoms with Gasteiger partial charge in [-0.3, -0.25) is 4.99 Å². The molecule has 3 rings (SSSR count). The van der Waals surface area contributed by atoms with E-state index in [1.807, 2.05) is 0 Å². The molecule has 138 valence electrons. The number of nitrogens with zero attached hydrogens (tertiary/aromatic N) is 1. The Morgan fingerprint density at radius 2 is 1.11 bits per heavy atom. The molecule has 3 aromatic carbocycles. The van der Waals surface area contributed by atoms with Crippen LogP contribution in [0.15, 0.2) is 83.9 Å². The Labute approximate surface area is 163 Å². The molecule has 0 aromatic heterocycles. The Morgan fingerprint density at radius 3 is 1.52 bits per heavy atom. The summed E-state index contributed by atoms with van der Waals surface area (Å²) >= 11 is 0. The van der Waals surface area contributed by atoms with Crippen LogP contribution in [0.2, 0.25) is 0 Å². The highest BCUT2D eigenvalue weighted by Crippen LogP contribution is 2.37. The van der Waals surface area contributed by atoms with Crippen LogP contribution in [-0.2, 0) is 0 Å². The Hall–Kier alpha value is -2.67. The Kier molecular flexibility index (Phi) is 5.60. The van der Waals surface area contributed by atoms with Gasteiger partial charge in [-0.05, 0) is 36.1 Å². The van der Waals surface area contributed by atoms with E-state index in [1.165, 1.54) is 28.0 Å². The summed E-state index contributed by atoms with van der Waals surface area (Å²) in [6.07, 6.45) is 0. The Balaban J connectivity index is 2.26. The number of hydrogen-bond donors (Lipinski definition) is 0. The lowest BCUT2D eigenvalue weighted by atomic mass is 9.75. The van der Waals surface area contributed by atoms with E-state index in [4.69, 9.17) is 4.99 Å². The maximum Gasteiger partial charge on any atom is 0.0687 e. The van der Waals surface area contributed by atoms with E-state index in [2.05, 4.69) is 113 Å². The molecule has 0 spiro atoms. The van der Waals surface area contributed by atoms with Crippen LogP contribution in [0.4, 0.5) is 5.69 Å². The van der Waals surface area contributed by atoms with Crippen molar-refractivity contribution in [3.63, 3.8) is 0 Å². The third-order valence-corrected chi connectivity index (χ3v) is 4.98. The van der Waals surface area contributed by atoms with Crippen molar-refractivity contribution in [2.24, 2.45) is 10.4 Å². The van der Waals surface area contributed by atoms with Crippen molar-refractivity contribution in [1.29, 1.82) is 0 Å². The highest BCUT2D eigenvalue weighted by atomic mass is 14.8. The molecule has 0 bridgehead atoms. The zero-order valence-electron chi connectivity index (χ0n) is 17.0. The standard InChI is InChI=1S/C26H29N/c1-19-13-12-14-20(2)24(19)27-25(26(3,4)5)23(21-15-8-6-9-16-21)22-17-10-7-11-18-22/h6-18,23H,1-5H3. The summed E-state index contributed by atoms with van der Waals surface area (Å²) in [5.74, 6) is 0.131. The fourth-order valence-corrected chi connectivity index (χ4v) is 3.57. The summed E-state index contributed by atoms with van der Waals surface area (Å²) < 4.78 is 0. The van der Waals surface area contributed by atoms with E-state index in [1.54, 1.807) is 0 Å². The van der Waals surface area contributed by atoms with Crippen LogP contribution >= 0.6 is 0 Å². The SMILES string of the molecule is Cc1cccc(C)c1N=C(C(c1ccccc1)c1ccccc1)C(C)(C)C. The van der Waals surface area contributed by atoms with E-state index < -0.39 is 0 Å². The third kappa shape index (κ3) is 4.36. The van der Waals surface area contributed by atoms with Crippen LogP contribution in [0.3, 0.4) is 0 Å². The van der Waals surface area contributed by atoms with Crippen LogP contribution in [0.25, 0.3) is 0 Å². The van der Waals surface area contributed by atoms with Crippen molar-refractivity contribution in [1.82, 2.24) is 0 Å². The molecule has 0 atom stereocenters. The van der Waals surface area contributed by atoms with E-state index in [9.17, 15) is 0 Å². The molecule has 0 aliphatic heterocycles. The van der Waals surface area contributed by atoms with Gasteiger partial charge in [0.25, 0.3) is 0 Å². The average Bonchev–Trinajstić information content (AvgIpc) is 2.64. The van der Waals surface area contributed by atoms with Gasteiger partial charge in [0.1, 0.15) is 0 Å². The minimum absolute atomic E-state index is 0.0644. The summed E-state index contributed by atoms with van der Waals surface area (Å²) in [4.78, 5) is 5.30. The van der Waals surface area contributed by atoms with Crippen LogP contribution in [0.1, 0.15) is 48.9 Å². The molecule has 0 saturated heterocycles. The zero-order chi connectivity index (χ0) is 19.4. The monoisotopic (exact) mass is 355 g/mol. The molecule has 0 aliphatic rings. The maximum atomic E-state index is 5.30. The lowest BCUT2D eigenvalue weighted by molar-refractivity contribution is 0.573. The number of rotatable bonds is 4. The van der Waals surface area contributed by atoms with Gasteiger partial charge in [-0.25, -0.2) is 0 Å². The first-order chi connectivity index (χ1) is 12.9. The molecular weight excluding hydrogens is 326 g/mol. The van der Waals surface area contributed by atoms with Gasteiger partial charge in [0.2, 0.25) is 0 Å². The average molecular weight is 356 g/mol. The van der Waals surface area contributed by atoms with Crippen LogP contribution in [-0.4, -0.2) is 5.71 Å². The second kappa shape index (κ2) is 7.92. The van der Waals surface area contributed by atoms with Crippen molar-refractivity contribution >= 4 is 11.4 Å². The lowest BCUT2D eigenvalue weighted by Gasteiger charge is -2.30. The van der Waals surface area contributed by atoms with Gasteiger partial charge in [0, 0.05) is 17.0 Å². The maximum absolute atomic E-state index is 5.30. The van der Waals surface area contributed by atoms with Gasteiger partial charge < -0.3 is 0 Å². The van der Waals surface area contributed by atoms with Gasteiger partial charge in [0.05, 0.1) is 5.69 Å². The van der Waals surface area contributed by atoms with Gasteiger partial charge in [-0.15, -0.1) is 0 Å². The molecule has 0 saturated carbocycles. The molecule has 0 aliphatic carbocycles. The topological polar surface area (TPSA) is 12.4 Å². The first-order valence-corrected chi connectivity index (χ1v) is 9.63. The molecule has 0 radical (unpaired) electrons. The molecule has 3 aromatic rings. The number of aryl methyl sites for hydroxylation is 2. The highest BCUT2D eigenvalue weighted by Gasteiger charge is 2.30. The fraction of sp³-hybridized carbons (Fsp3) is 0.269. The first kappa shape index (κ1) is 19.1. The molecule has 0 amide bonds. The number of para-hydroxylation sites is 1. The summed E-state index contributed by atoms with van der Waals surface area (Å²) in [6.45, 7) is 11.1. The summed E-state index contributed by atoms with van der Waals surface area (Å²) in [5.41, 5.74) is 7.22. The quantitative estimate of drug-likeness (QED) is 0.437. The third-order valence-electron chi connectivity index (χ3n) is 4.98. The minimum atomic E-state index is -0.0644. The zero-order valence-corrected chi connectivity index (χ0v) is 17.0. The van der Waals surface area contributed by atoms with Crippen molar-refractivity contribution in [2.45, 2.75) is 40.5 Å². The van der Waals surface area contributed by atoms with E-state index >= 15 is 0 Å². The van der Waals surface area contributed by atoms with Gasteiger partial charge in [0.15, 0.2) is 0 Å². The van der Waals surface area contributed by atoms with Crippen LogP contribution < -0.4 is 0 Å². The van der Waals surface area contributed by atoms with Gasteiger partial charge in [-0.1, -0.05) is 99.6 Å². The summed E-state index contributed by atoms with van der Waals surface area (Å²) in [6, 6.07) is 27.9. The van der Waals surface area contributed by atoms with E-state index in [-0.39, 0.29) is 11.3 Å². The molecule has 0 fully saturated rings.